The Balaban J connectivity index is 3.44. The van der Waals surface area contributed by atoms with Gasteiger partial charge in [0, 0.05) is 6.07 Å². The molecule has 0 aromatic heterocycles. The summed E-state index contributed by atoms with van der Waals surface area (Å²) in [6.07, 6.45) is 0. The average Bonchev–Trinajstić information content (AvgIpc) is 2.10. The number of nitro benzene ring substituents is 1. The number of carbonyl (C=O) groups is 1. The number of nitrogens with one attached hydrogen (secondary N) is 1. The molecule has 0 spiro atoms. The van der Waals surface area contributed by atoms with Crippen LogP contribution in [0.25, 0.3) is 0 Å². The number of hydrogen-bond acceptors (Lipinski definition) is 3. The maximum Gasteiger partial charge on any atom is 0.325 e. The summed E-state index contributed by atoms with van der Waals surface area (Å²) in [6, 6.07) is -0.747. The summed E-state index contributed by atoms with van der Waals surface area (Å²) in [5.74, 6) is -2.85. The van der Waals surface area contributed by atoms with E-state index >= 15 is 0 Å². The molecule has 1 aromatic rings. The maximum atomic E-state index is 13.4. The van der Waals surface area contributed by atoms with Gasteiger partial charge in [-0.15, -0.1) is 0 Å². The molecule has 0 saturated carbocycles. The maximum absolute atomic E-state index is 13.4. The summed E-state index contributed by atoms with van der Waals surface area (Å²) in [5, 5.41) is 11.3. The Kier molecular flexibility index (Phi) is 3.23. The summed E-state index contributed by atoms with van der Waals surface area (Å²) in [5.41, 5.74) is 2.50. The molecule has 0 aliphatic carbocycles. The normalized spacial score (nSPS) is 9.94. The van der Waals surface area contributed by atoms with E-state index in [-0.39, 0.29) is 0 Å². The molecule has 0 bridgehead atoms. The highest BCUT2D eigenvalue weighted by Gasteiger charge is 2.26. The number of urea groups is 1. The summed E-state index contributed by atoms with van der Waals surface area (Å²) in [7, 11) is 0. The van der Waals surface area contributed by atoms with Gasteiger partial charge in [-0.1, -0.05) is 11.6 Å². The van der Waals surface area contributed by atoms with Crippen molar-refractivity contribution in [3.05, 3.63) is 32.8 Å². The molecule has 0 heterocycles. The highest BCUT2D eigenvalue weighted by atomic mass is 35.5. The number of nitro groups is 1. The minimum absolute atomic E-state index is 0.508. The van der Waals surface area contributed by atoms with Gasteiger partial charge >= 0.3 is 11.7 Å². The highest BCUT2D eigenvalue weighted by molar-refractivity contribution is 6.32. The van der Waals surface area contributed by atoms with E-state index in [1.54, 1.807) is 5.32 Å². The number of halogens is 3. The van der Waals surface area contributed by atoms with E-state index in [9.17, 15) is 23.7 Å². The van der Waals surface area contributed by atoms with Crippen LogP contribution in [-0.4, -0.2) is 11.0 Å². The highest BCUT2D eigenvalue weighted by Crippen LogP contribution is 2.34. The van der Waals surface area contributed by atoms with Gasteiger partial charge in [0.2, 0.25) is 5.82 Å². The molecule has 0 saturated heterocycles. The predicted octanol–water partition coefficient (Wildman–Crippen LogP) is 2.02. The molecule has 2 amide bonds. The fourth-order valence-electron chi connectivity index (χ4n) is 0.985. The van der Waals surface area contributed by atoms with Gasteiger partial charge in [-0.25, -0.2) is 9.18 Å². The Morgan fingerprint density at radius 1 is 1.56 bits per heavy atom. The molecule has 86 valence electrons. The van der Waals surface area contributed by atoms with Gasteiger partial charge in [0.05, 0.1) is 4.92 Å². The molecule has 9 heteroatoms. The van der Waals surface area contributed by atoms with E-state index in [1.807, 2.05) is 0 Å². The topological polar surface area (TPSA) is 98.3 Å². The van der Waals surface area contributed by atoms with Crippen LogP contribution in [-0.2, 0) is 0 Å². The molecule has 6 nitrogen and oxygen atoms in total. The Hall–Kier alpha value is -1.96. The second-order valence-electron chi connectivity index (χ2n) is 2.62. The van der Waals surface area contributed by atoms with Crippen molar-refractivity contribution in [2.24, 2.45) is 5.73 Å². The van der Waals surface area contributed by atoms with Crippen LogP contribution in [0.3, 0.4) is 0 Å². The van der Waals surface area contributed by atoms with E-state index in [0.717, 1.165) is 0 Å². The molecular formula is C7H4ClF2N3O3. The Morgan fingerprint density at radius 3 is 2.56 bits per heavy atom. The zero-order valence-corrected chi connectivity index (χ0v) is 8.22. The molecule has 0 fully saturated rings. The average molecular weight is 252 g/mol. The van der Waals surface area contributed by atoms with E-state index < -0.39 is 39.0 Å². The molecule has 16 heavy (non-hydrogen) atoms. The van der Waals surface area contributed by atoms with Crippen molar-refractivity contribution in [2.75, 3.05) is 5.32 Å². The van der Waals surface area contributed by atoms with Crippen molar-refractivity contribution in [3.8, 4) is 0 Å². The van der Waals surface area contributed by atoms with Crippen molar-refractivity contribution >= 4 is 29.0 Å². The zero-order chi connectivity index (χ0) is 12.5. The predicted molar refractivity (Wildman–Crippen MR) is 51.2 cm³/mol. The number of amides is 2. The van der Waals surface area contributed by atoms with E-state index in [0.29, 0.717) is 6.07 Å². The number of rotatable bonds is 2. The summed E-state index contributed by atoms with van der Waals surface area (Å²) < 4.78 is 26.5. The minimum Gasteiger partial charge on any atom is -0.351 e. The van der Waals surface area contributed by atoms with E-state index in [1.165, 1.54) is 0 Å². The second kappa shape index (κ2) is 4.27. The van der Waals surface area contributed by atoms with Crippen LogP contribution in [0.15, 0.2) is 6.07 Å². The van der Waals surface area contributed by atoms with Crippen LogP contribution >= 0.6 is 11.6 Å². The van der Waals surface area contributed by atoms with Crippen molar-refractivity contribution in [1.82, 2.24) is 0 Å². The van der Waals surface area contributed by atoms with Crippen LogP contribution < -0.4 is 11.1 Å². The fourth-order valence-corrected chi connectivity index (χ4v) is 1.23. The van der Waals surface area contributed by atoms with Crippen LogP contribution in [0.1, 0.15) is 0 Å². The monoisotopic (exact) mass is 251 g/mol. The van der Waals surface area contributed by atoms with Gasteiger partial charge in [-0.2, -0.15) is 4.39 Å². The van der Waals surface area contributed by atoms with Gasteiger partial charge in [0.15, 0.2) is 5.82 Å². The lowest BCUT2D eigenvalue weighted by molar-refractivity contribution is -0.387. The zero-order valence-electron chi connectivity index (χ0n) is 7.46. The van der Waals surface area contributed by atoms with Crippen molar-refractivity contribution in [3.63, 3.8) is 0 Å². The summed E-state index contributed by atoms with van der Waals surface area (Å²) >= 11 is 5.27. The quantitative estimate of drug-likeness (QED) is 0.621. The molecule has 0 atom stereocenters. The summed E-state index contributed by atoms with van der Waals surface area (Å²) in [6.45, 7) is 0. The largest absolute Gasteiger partial charge is 0.351 e. The molecule has 0 aliphatic heterocycles. The fraction of sp³-hybridized carbons (Fsp3) is 0. The Labute approximate surface area is 92.1 Å². The molecular weight excluding hydrogens is 248 g/mol. The third kappa shape index (κ3) is 2.16. The van der Waals surface area contributed by atoms with Crippen LogP contribution in [0, 0.1) is 21.7 Å². The number of hydrogen-bond donors (Lipinski definition) is 2. The molecule has 1 aromatic carbocycles. The van der Waals surface area contributed by atoms with Crippen LogP contribution in [0.2, 0.25) is 5.02 Å². The first-order valence-corrected chi connectivity index (χ1v) is 4.10. The first-order chi connectivity index (χ1) is 7.34. The van der Waals surface area contributed by atoms with Crippen molar-refractivity contribution in [2.45, 2.75) is 0 Å². The Bertz CT molecular complexity index is 480. The van der Waals surface area contributed by atoms with E-state index in [4.69, 9.17) is 11.6 Å². The van der Waals surface area contributed by atoms with Gasteiger partial charge in [-0.3, -0.25) is 10.1 Å². The second-order valence-corrected chi connectivity index (χ2v) is 3.03. The lowest BCUT2D eigenvalue weighted by Gasteiger charge is -2.06. The minimum atomic E-state index is -1.59. The van der Waals surface area contributed by atoms with Gasteiger partial charge < -0.3 is 11.1 Å². The molecule has 0 radical (unpaired) electrons. The SMILES string of the molecule is NC(=O)Nc1c(F)cc(Cl)c([N+](=O)[O-])c1F. The lowest BCUT2D eigenvalue weighted by atomic mass is 10.2. The third-order valence-electron chi connectivity index (χ3n) is 1.58. The summed E-state index contributed by atoms with van der Waals surface area (Å²) in [4.78, 5) is 19.7. The lowest BCUT2D eigenvalue weighted by Crippen LogP contribution is -2.21. The number of nitrogens with zero attached hydrogens (tertiary/aromatic N) is 1. The number of nitrogens with two attached hydrogens (primary N) is 1. The van der Waals surface area contributed by atoms with Gasteiger partial charge in [0.1, 0.15) is 10.7 Å². The smallest absolute Gasteiger partial charge is 0.325 e. The number of anilines is 1. The molecule has 0 unspecified atom stereocenters. The van der Waals surface area contributed by atoms with E-state index in [2.05, 4.69) is 5.73 Å². The van der Waals surface area contributed by atoms with Gasteiger partial charge in [-0.05, 0) is 0 Å². The molecule has 3 N–H and O–H groups in total. The third-order valence-corrected chi connectivity index (χ3v) is 1.86. The van der Waals surface area contributed by atoms with Crippen molar-refractivity contribution in [1.29, 1.82) is 0 Å². The van der Waals surface area contributed by atoms with Crippen LogP contribution in [0.5, 0.6) is 0 Å². The first kappa shape index (κ1) is 12.1. The number of primary amides is 1. The van der Waals surface area contributed by atoms with Crippen molar-refractivity contribution < 1.29 is 18.5 Å². The molecule has 0 aliphatic rings. The standard InChI is InChI=1S/C7H4ClF2N3O3/c8-2-1-3(9)5(12-7(11)14)4(10)6(2)13(15)16/h1H,(H3,11,12,14). The number of carbonyl (C=O) groups excluding carboxylic acids is 1. The van der Waals surface area contributed by atoms with Crippen LogP contribution in [0.4, 0.5) is 25.0 Å². The Morgan fingerprint density at radius 2 is 2.12 bits per heavy atom. The number of benzene rings is 1. The van der Waals surface area contributed by atoms with Gasteiger partial charge in [0.25, 0.3) is 0 Å². The first-order valence-electron chi connectivity index (χ1n) is 3.73. The molecule has 1 rings (SSSR count).